The standard InChI is InChI=1S/C26H21F6NO/c27-25(28,29)22-10-6-17(7-11-22)19-3-1-4-20(15-19)21-5-2-14-33(16-21)24(34)18-8-12-23(13-9-18)26(30,31)32/h1,3-4,6-13,15,21H,2,5,14,16H2. The van der Waals surface area contributed by atoms with E-state index in [4.69, 9.17) is 0 Å². The second-order valence-corrected chi connectivity index (χ2v) is 8.37. The smallest absolute Gasteiger partial charge is 0.338 e. The monoisotopic (exact) mass is 477 g/mol. The molecule has 1 unspecified atom stereocenters. The first-order chi connectivity index (χ1) is 16.0. The van der Waals surface area contributed by atoms with E-state index in [0.717, 1.165) is 48.2 Å². The van der Waals surface area contributed by atoms with E-state index in [-0.39, 0.29) is 17.4 Å². The normalized spacial score (nSPS) is 17.0. The van der Waals surface area contributed by atoms with Gasteiger partial charge in [0.1, 0.15) is 0 Å². The van der Waals surface area contributed by atoms with Crippen LogP contribution in [0.15, 0.2) is 72.8 Å². The molecule has 2 nitrogen and oxygen atoms in total. The molecule has 1 saturated heterocycles. The number of benzene rings is 3. The Bertz CT molecular complexity index is 1150. The minimum atomic E-state index is -4.46. The zero-order valence-corrected chi connectivity index (χ0v) is 18.0. The minimum Gasteiger partial charge on any atom is -0.338 e. The lowest BCUT2D eigenvalue weighted by molar-refractivity contribution is -0.138. The first-order valence-electron chi connectivity index (χ1n) is 10.8. The number of carbonyl (C=O) groups is 1. The molecule has 1 amide bonds. The Kier molecular flexibility index (Phi) is 6.43. The molecule has 0 N–H and O–H groups in total. The molecule has 1 atom stereocenters. The van der Waals surface area contributed by atoms with E-state index >= 15 is 0 Å². The Labute approximate surface area is 192 Å². The molecule has 0 spiro atoms. The van der Waals surface area contributed by atoms with Crippen molar-refractivity contribution in [3.63, 3.8) is 0 Å². The molecule has 8 heteroatoms. The number of hydrogen-bond donors (Lipinski definition) is 0. The molecular formula is C26H21F6NO. The lowest BCUT2D eigenvalue weighted by atomic mass is 9.88. The molecule has 178 valence electrons. The fraction of sp³-hybridized carbons (Fsp3) is 0.269. The Morgan fingerprint density at radius 2 is 1.35 bits per heavy atom. The van der Waals surface area contributed by atoms with E-state index < -0.39 is 23.5 Å². The molecule has 0 aromatic heterocycles. The van der Waals surface area contributed by atoms with E-state index in [2.05, 4.69) is 0 Å². The summed E-state index contributed by atoms with van der Waals surface area (Å²) in [6, 6.07) is 16.7. The average Bonchev–Trinajstić information content (AvgIpc) is 2.83. The van der Waals surface area contributed by atoms with Crippen molar-refractivity contribution in [2.45, 2.75) is 31.1 Å². The van der Waals surface area contributed by atoms with Gasteiger partial charge < -0.3 is 4.90 Å². The molecule has 1 aliphatic heterocycles. The van der Waals surface area contributed by atoms with Crippen LogP contribution in [-0.2, 0) is 12.4 Å². The number of nitrogens with zero attached hydrogens (tertiary/aromatic N) is 1. The summed E-state index contributed by atoms with van der Waals surface area (Å²) in [6.45, 7) is 0.922. The molecule has 3 aromatic carbocycles. The maximum absolute atomic E-state index is 12.9. The van der Waals surface area contributed by atoms with Crippen LogP contribution in [0.3, 0.4) is 0 Å². The van der Waals surface area contributed by atoms with Crippen LogP contribution in [0.25, 0.3) is 11.1 Å². The Morgan fingerprint density at radius 1 is 0.765 bits per heavy atom. The summed E-state index contributed by atoms with van der Waals surface area (Å²) in [7, 11) is 0. The van der Waals surface area contributed by atoms with Gasteiger partial charge in [-0.05, 0) is 65.9 Å². The first-order valence-corrected chi connectivity index (χ1v) is 10.8. The molecule has 4 rings (SSSR count). The lowest BCUT2D eigenvalue weighted by Gasteiger charge is -2.33. The van der Waals surface area contributed by atoms with Crippen molar-refractivity contribution in [2.75, 3.05) is 13.1 Å². The molecule has 0 radical (unpaired) electrons. The van der Waals surface area contributed by atoms with Crippen LogP contribution in [0.2, 0.25) is 0 Å². The van der Waals surface area contributed by atoms with Gasteiger partial charge in [0.15, 0.2) is 0 Å². The third kappa shape index (κ3) is 5.26. The first kappa shape index (κ1) is 23.9. The summed E-state index contributed by atoms with van der Waals surface area (Å²) in [5, 5.41) is 0. The highest BCUT2D eigenvalue weighted by Crippen LogP contribution is 2.34. The molecule has 3 aromatic rings. The van der Waals surface area contributed by atoms with Gasteiger partial charge in [-0.15, -0.1) is 0 Å². The number of carbonyl (C=O) groups excluding carboxylic acids is 1. The van der Waals surface area contributed by atoms with Crippen LogP contribution in [0.4, 0.5) is 26.3 Å². The maximum atomic E-state index is 12.9. The zero-order valence-electron chi connectivity index (χ0n) is 18.0. The summed E-state index contributed by atoms with van der Waals surface area (Å²) in [4.78, 5) is 14.5. The summed E-state index contributed by atoms with van der Waals surface area (Å²) in [5.41, 5.74) is 1.08. The molecule has 1 aliphatic rings. The van der Waals surface area contributed by atoms with Crippen LogP contribution in [0.5, 0.6) is 0 Å². The van der Waals surface area contributed by atoms with Gasteiger partial charge in [0, 0.05) is 24.6 Å². The fourth-order valence-corrected chi connectivity index (χ4v) is 4.24. The molecular weight excluding hydrogens is 456 g/mol. The molecule has 1 heterocycles. The van der Waals surface area contributed by atoms with Gasteiger partial charge in [-0.25, -0.2) is 0 Å². The van der Waals surface area contributed by atoms with Crippen LogP contribution in [0, 0.1) is 0 Å². The molecule has 0 bridgehead atoms. The highest BCUT2D eigenvalue weighted by Gasteiger charge is 2.32. The van der Waals surface area contributed by atoms with E-state index in [0.29, 0.717) is 18.7 Å². The second-order valence-electron chi connectivity index (χ2n) is 8.37. The molecule has 34 heavy (non-hydrogen) atoms. The quantitative estimate of drug-likeness (QED) is 0.360. The Balaban J connectivity index is 1.49. The van der Waals surface area contributed by atoms with Gasteiger partial charge in [0.2, 0.25) is 0 Å². The number of rotatable bonds is 3. The molecule has 1 fully saturated rings. The summed E-state index contributed by atoms with van der Waals surface area (Å²) >= 11 is 0. The van der Waals surface area contributed by atoms with E-state index in [1.54, 1.807) is 4.90 Å². The highest BCUT2D eigenvalue weighted by molar-refractivity contribution is 5.94. The molecule has 0 aliphatic carbocycles. The van der Waals surface area contributed by atoms with Gasteiger partial charge >= 0.3 is 12.4 Å². The Hall–Kier alpha value is -3.29. The number of amides is 1. The number of piperidine rings is 1. The van der Waals surface area contributed by atoms with E-state index in [9.17, 15) is 31.1 Å². The topological polar surface area (TPSA) is 20.3 Å². The fourth-order valence-electron chi connectivity index (χ4n) is 4.24. The van der Waals surface area contributed by atoms with Crippen molar-refractivity contribution in [3.05, 3.63) is 95.1 Å². The van der Waals surface area contributed by atoms with Crippen LogP contribution in [-0.4, -0.2) is 23.9 Å². The summed E-state index contributed by atoms with van der Waals surface area (Å²) < 4.78 is 76.9. The second kappa shape index (κ2) is 9.16. The van der Waals surface area contributed by atoms with Crippen molar-refractivity contribution in [3.8, 4) is 11.1 Å². The summed E-state index contributed by atoms with van der Waals surface area (Å²) in [6.07, 6.45) is -7.30. The van der Waals surface area contributed by atoms with Crippen molar-refractivity contribution >= 4 is 5.91 Å². The third-order valence-electron chi connectivity index (χ3n) is 6.07. The van der Waals surface area contributed by atoms with Gasteiger partial charge in [0.25, 0.3) is 5.91 Å². The van der Waals surface area contributed by atoms with Crippen molar-refractivity contribution in [1.29, 1.82) is 0 Å². The van der Waals surface area contributed by atoms with Gasteiger partial charge in [-0.3, -0.25) is 4.79 Å². The number of halogens is 6. The summed E-state index contributed by atoms with van der Waals surface area (Å²) in [5.74, 6) is -0.307. The number of alkyl halides is 6. The van der Waals surface area contributed by atoms with Gasteiger partial charge in [-0.1, -0.05) is 36.4 Å². The van der Waals surface area contributed by atoms with Crippen LogP contribution in [0.1, 0.15) is 45.8 Å². The van der Waals surface area contributed by atoms with Crippen molar-refractivity contribution in [2.24, 2.45) is 0 Å². The van der Waals surface area contributed by atoms with Gasteiger partial charge in [0.05, 0.1) is 11.1 Å². The van der Waals surface area contributed by atoms with E-state index in [1.165, 1.54) is 24.3 Å². The Morgan fingerprint density at radius 3 is 1.94 bits per heavy atom. The molecule has 0 saturated carbocycles. The lowest BCUT2D eigenvalue weighted by Crippen LogP contribution is -2.39. The average molecular weight is 477 g/mol. The van der Waals surface area contributed by atoms with Crippen LogP contribution < -0.4 is 0 Å². The number of likely N-dealkylation sites (tertiary alicyclic amines) is 1. The maximum Gasteiger partial charge on any atom is 0.416 e. The largest absolute Gasteiger partial charge is 0.416 e. The predicted octanol–water partition coefficient (Wildman–Crippen LogP) is 7.41. The minimum absolute atomic E-state index is 0.0153. The highest BCUT2D eigenvalue weighted by atomic mass is 19.4. The van der Waals surface area contributed by atoms with Crippen molar-refractivity contribution in [1.82, 2.24) is 4.90 Å². The van der Waals surface area contributed by atoms with E-state index in [1.807, 2.05) is 24.3 Å². The van der Waals surface area contributed by atoms with Gasteiger partial charge in [-0.2, -0.15) is 26.3 Å². The zero-order chi connectivity index (χ0) is 24.5. The van der Waals surface area contributed by atoms with Crippen molar-refractivity contribution < 1.29 is 31.1 Å². The van der Waals surface area contributed by atoms with Crippen LogP contribution >= 0.6 is 0 Å². The third-order valence-corrected chi connectivity index (χ3v) is 6.07. The SMILES string of the molecule is O=C(c1ccc(C(F)(F)F)cc1)N1CCCC(c2cccc(-c3ccc(C(F)(F)F)cc3)c2)C1. The predicted molar refractivity (Wildman–Crippen MR) is 116 cm³/mol. The number of hydrogen-bond acceptors (Lipinski definition) is 1.